The highest BCUT2D eigenvalue weighted by atomic mass is 32.2. The van der Waals surface area contributed by atoms with E-state index in [9.17, 15) is 4.79 Å². The van der Waals surface area contributed by atoms with Gasteiger partial charge in [-0.25, -0.2) is 0 Å². The minimum absolute atomic E-state index is 0.0557. The number of para-hydroxylation sites is 1. The summed E-state index contributed by atoms with van der Waals surface area (Å²) in [5.74, 6) is -0.0563. The van der Waals surface area contributed by atoms with Crippen LogP contribution in [-0.4, -0.2) is 30.8 Å². The quantitative estimate of drug-likeness (QED) is 0.692. The van der Waals surface area contributed by atoms with Gasteiger partial charge in [0.2, 0.25) is 0 Å². The maximum atomic E-state index is 10.5. The lowest BCUT2D eigenvalue weighted by Gasteiger charge is -2.19. The van der Waals surface area contributed by atoms with Crippen molar-refractivity contribution in [1.29, 1.82) is 0 Å². The second-order valence-corrected chi connectivity index (χ2v) is 7.86. The van der Waals surface area contributed by atoms with E-state index >= 15 is 0 Å². The number of ether oxygens (including phenoxy) is 1. The lowest BCUT2D eigenvalue weighted by atomic mass is 9.87. The van der Waals surface area contributed by atoms with Gasteiger partial charge < -0.3 is 15.2 Å². The molecule has 0 saturated carbocycles. The van der Waals surface area contributed by atoms with Gasteiger partial charge >= 0.3 is 5.97 Å². The van der Waals surface area contributed by atoms with Crippen molar-refractivity contribution >= 4 is 17.7 Å². The minimum Gasteiger partial charge on any atom is -0.491 e. The average molecular weight is 359 g/mol. The molecule has 134 valence electrons. The van der Waals surface area contributed by atoms with Crippen molar-refractivity contribution in [2.75, 3.05) is 19.7 Å². The number of hydrogen-bond donors (Lipinski definition) is 2. The van der Waals surface area contributed by atoms with Crippen LogP contribution in [0.4, 0.5) is 0 Å². The number of rotatable bonds is 8. The van der Waals surface area contributed by atoms with E-state index in [1.807, 2.05) is 24.3 Å². The SMILES string of the molecule is CC(C)(C)c1ccc(Sc2ccccc2OCCNCC(=O)O)cc1. The number of nitrogens with one attached hydrogen (secondary N) is 1. The van der Waals surface area contributed by atoms with E-state index in [0.717, 1.165) is 15.5 Å². The molecule has 5 heteroatoms. The van der Waals surface area contributed by atoms with Gasteiger partial charge in [-0.3, -0.25) is 4.79 Å². The van der Waals surface area contributed by atoms with Gasteiger partial charge in [0.15, 0.2) is 0 Å². The predicted molar refractivity (Wildman–Crippen MR) is 102 cm³/mol. The molecule has 25 heavy (non-hydrogen) atoms. The first-order valence-corrected chi connectivity index (χ1v) is 9.10. The van der Waals surface area contributed by atoms with Crippen molar-refractivity contribution in [2.24, 2.45) is 0 Å². The number of carboxylic acid groups (broad SMARTS) is 1. The minimum atomic E-state index is -0.866. The van der Waals surface area contributed by atoms with E-state index < -0.39 is 5.97 Å². The Bertz CT molecular complexity index is 693. The van der Waals surface area contributed by atoms with E-state index in [-0.39, 0.29) is 12.0 Å². The first kappa shape index (κ1) is 19.3. The average Bonchev–Trinajstić information content (AvgIpc) is 2.55. The summed E-state index contributed by atoms with van der Waals surface area (Å²) in [7, 11) is 0. The van der Waals surface area contributed by atoms with Crippen LogP contribution in [0.15, 0.2) is 58.3 Å². The number of hydrogen-bond acceptors (Lipinski definition) is 4. The summed E-state index contributed by atoms with van der Waals surface area (Å²) in [6.45, 7) is 7.48. The second-order valence-electron chi connectivity index (χ2n) is 6.74. The molecule has 2 N–H and O–H groups in total. The van der Waals surface area contributed by atoms with Crippen molar-refractivity contribution < 1.29 is 14.6 Å². The van der Waals surface area contributed by atoms with Crippen LogP contribution in [0.2, 0.25) is 0 Å². The summed E-state index contributed by atoms with van der Waals surface area (Å²) in [5.41, 5.74) is 1.46. The van der Waals surface area contributed by atoms with Crippen molar-refractivity contribution in [3.8, 4) is 5.75 Å². The topological polar surface area (TPSA) is 58.6 Å². The molecule has 0 fully saturated rings. The summed E-state index contributed by atoms with van der Waals surface area (Å²) in [5, 5.41) is 11.4. The lowest BCUT2D eigenvalue weighted by molar-refractivity contribution is -0.135. The van der Waals surface area contributed by atoms with Gasteiger partial charge in [0.1, 0.15) is 12.4 Å². The second kappa shape index (κ2) is 8.92. The molecule has 0 atom stereocenters. The van der Waals surface area contributed by atoms with Crippen LogP contribution in [0.5, 0.6) is 5.75 Å². The highest BCUT2D eigenvalue weighted by molar-refractivity contribution is 7.99. The zero-order chi connectivity index (χ0) is 18.3. The number of carbonyl (C=O) groups is 1. The number of aliphatic carboxylic acids is 1. The molecular formula is C20H25NO3S. The maximum absolute atomic E-state index is 10.5. The molecule has 0 aliphatic rings. The zero-order valence-electron chi connectivity index (χ0n) is 14.9. The first-order chi connectivity index (χ1) is 11.9. The lowest BCUT2D eigenvalue weighted by Crippen LogP contribution is -2.27. The predicted octanol–water partition coefficient (Wildman–Crippen LogP) is 4.19. The van der Waals surface area contributed by atoms with Gasteiger partial charge in [0.05, 0.1) is 11.4 Å². The van der Waals surface area contributed by atoms with Crippen LogP contribution in [0, 0.1) is 0 Å². The number of benzene rings is 2. The summed E-state index contributed by atoms with van der Waals surface area (Å²) < 4.78 is 5.79. The fourth-order valence-electron chi connectivity index (χ4n) is 2.23. The molecule has 2 rings (SSSR count). The van der Waals surface area contributed by atoms with Crippen LogP contribution >= 0.6 is 11.8 Å². The fraction of sp³-hybridized carbons (Fsp3) is 0.350. The summed E-state index contributed by atoms with van der Waals surface area (Å²) >= 11 is 1.66. The fourth-order valence-corrected chi connectivity index (χ4v) is 3.13. The van der Waals surface area contributed by atoms with Gasteiger partial charge in [-0.05, 0) is 35.2 Å². The van der Waals surface area contributed by atoms with E-state index in [0.29, 0.717) is 13.2 Å². The largest absolute Gasteiger partial charge is 0.491 e. The molecule has 0 unspecified atom stereocenters. The Kier molecular flexibility index (Phi) is 6.91. The molecule has 0 aliphatic heterocycles. The Morgan fingerprint density at radius 1 is 1.12 bits per heavy atom. The van der Waals surface area contributed by atoms with Crippen LogP contribution in [0.1, 0.15) is 26.3 Å². The Morgan fingerprint density at radius 2 is 1.80 bits per heavy atom. The van der Waals surface area contributed by atoms with Gasteiger partial charge in [0, 0.05) is 11.4 Å². The third-order valence-electron chi connectivity index (χ3n) is 3.61. The smallest absolute Gasteiger partial charge is 0.317 e. The van der Waals surface area contributed by atoms with E-state index in [1.165, 1.54) is 5.56 Å². The third-order valence-corrected chi connectivity index (χ3v) is 4.67. The van der Waals surface area contributed by atoms with Crippen LogP contribution in [0.3, 0.4) is 0 Å². The van der Waals surface area contributed by atoms with Gasteiger partial charge in [-0.1, -0.05) is 56.8 Å². The molecular weight excluding hydrogens is 334 g/mol. The van der Waals surface area contributed by atoms with Crippen LogP contribution in [0.25, 0.3) is 0 Å². The molecule has 0 saturated heterocycles. The molecule has 2 aromatic rings. The number of carboxylic acids is 1. The summed E-state index contributed by atoms with van der Waals surface area (Å²) in [6.07, 6.45) is 0. The molecule has 0 aromatic heterocycles. The van der Waals surface area contributed by atoms with Crippen molar-refractivity contribution in [1.82, 2.24) is 5.32 Å². The van der Waals surface area contributed by atoms with Crippen molar-refractivity contribution in [2.45, 2.75) is 36.0 Å². The molecule has 0 heterocycles. The molecule has 0 amide bonds. The first-order valence-electron chi connectivity index (χ1n) is 8.29. The standard InChI is InChI=1S/C20H25NO3S/c1-20(2,3)15-8-10-16(11-9-15)25-18-7-5-4-6-17(18)24-13-12-21-14-19(22)23/h4-11,21H,12-14H2,1-3H3,(H,22,23). The Morgan fingerprint density at radius 3 is 2.44 bits per heavy atom. The molecule has 0 radical (unpaired) electrons. The summed E-state index contributed by atoms with van der Waals surface area (Å²) in [6, 6.07) is 16.5. The van der Waals surface area contributed by atoms with Gasteiger partial charge in [0.25, 0.3) is 0 Å². The van der Waals surface area contributed by atoms with E-state index in [1.54, 1.807) is 11.8 Å². The Labute approximate surface area is 153 Å². The molecule has 2 aromatic carbocycles. The van der Waals surface area contributed by atoms with E-state index in [4.69, 9.17) is 9.84 Å². The van der Waals surface area contributed by atoms with Crippen LogP contribution < -0.4 is 10.1 Å². The van der Waals surface area contributed by atoms with Crippen molar-refractivity contribution in [3.05, 3.63) is 54.1 Å². The third kappa shape index (κ3) is 6.44. The molecule has 0 bridgehead atoms. The molecule has 0 aliphatic carbocycles. The zero-order valence-corrected chi connectivity index (χ0v) is 15.7. The Balaban J connectivity index is 1.97. The van der Waals surface area contributed by atoms with E-state index in [2.05, 4.69) is 50.4 Å². The van der Waals surface area contributed by atoms with Crippen LogP contribution in [-0.2, 0) is 10.2 Å². The highest BCUT2D eigenvalue weighted by Crippen LogP contribution is 2.35. The highest BCUT2D eigenvalue weighted by Gasteiger charge is 2.13. The van der Waals surface area contributed by atoms with Gasteiger partial charge in [-0.2, -0.15) is 0 Å². The monoisotopic (exact) mass is 359 g/mol. The Hall–Kier alpha value is -1.98. The van der Waals surface area contributed by atoms with Gasteiger partial charge in [-0.15, -0.1) is 0 Å². The van der Waals surface area contributed by atoms with Crippen molar-refractivity contribution in [3.63, 3.8) is 0 Å². The molecule has 0 spiro atoms. The normalized spacial score (nSPS) is 11.3. The maximum Gasteiger partial charge on any atom is 0.317 e. The summed E-state index contributed by atoms with van der Waals surface area (Å²) in [4.78, 5) is 12.7. The molecule has 4 nitrogen and oxygen atoms in total.